The molecular formula is C9H8N4O2S. The molecule has 2 N–H and O–H groups in total. The van der Waals surface area contributed by atoms with E-state index in [0.29, 0.717) is 9.75 Å². The third-order valence-corrected chi connectivity index (χ3v) is 3.01. The van der Waals surface area contributed by atoms with E-state index < -0.39 is 0 Å². The molecule has 82 valence electrons. The highest BCUT2D eigenvalue weighted by Crippen LogP contribution is 2.17. The molecule has 0 fully saturated rings. The molecule has 6 nitrogen and oxygen atoms in total. The van der Waals surface area contributed by atoms with Crippen molar-refractivity contribution < 1.29 is 9.59 Å². The number of ketones is 1. The number of H-pyrrole nitrogens is 1. The largest absolute Gasteiger partial charge is 0.294 e. The molecule has 2 heterocycles. The van der Waals surface area contributed by atoms with Crippen LogP contribution < -0.4 is 5.32 Å². The third-order valence-electron chi connectivity index (χ3n) is 1.82. The Morgan fingerprint density at radius 2 is 2.12 bits per heavy atom. The molecule has 0 radical (unpaired) electrons. The van der Waals surface area contributed by atoms with Gasteiger partial charge in [-0.15, -0.1) is 11.3 Å². The number of Topliss-reactive ketones (excluding diaryl/α,β-unsaturated/α-hetero) is 1. The number of amides is 1. The van der Waals surface area contributed by atoms with Gasteiger partial charge in [-0.25, -0.2) is 5.10 Å². The molecule has 0 saturated carbocycles. The maximum Gasteiger partial charge on any atom is 0.268 e. The van der Waals surface area contributed by atoms with E-state index in [0.717, 1.165) is 11.3 Å². The number of thiophene rings is 1. The number of aromatic nitrogens is 3. The van der Waals surface area contributed by atoms with Gasteiger partial charge in [0.2, 0.25) is 5.95 Å². The summed E-state index contributed by atoms with van der Waals surface area (Å²) >= 11 is 1.15. The Morgan fingerprint density at radius 1 is 1.38 bits per heavy atom. The predicted octanol–water partition coefficient (Wildman–Crippen LogP) is 1.32. The van der Waals surface area contributed by atoms with Crippen molar-refractivity contribution in [1.29, 1.82) is 0 Å². The van der Waals surface area contributed by atoms with Gasteiger partial charge in [0.05, 0.1) is 9.75 Å². The van der Waals surface area contributed by atoms with Crippen LogP contribution in [-0.2, 0) is 0 Å². The molecule has 0 aliphatic carbocycles. The van der Waals surface area contributed by atoms with E-state index in [2.05, 4.69) is 20.5 Å². The van der Waals surface area contributed by atoms with E-state index >= 15 is 0 Å². The molecule has 0 aliphatic heterocycles. The molecule has 2 aromatic rings. The van der Waals surface area contributed by atoms with Crippen LogP contribution >= 0.6 is 11.3 Å². The van der Waals surface area contributed by atoms with E-state index in [9.17, 15) is 9.59 Å². The lowest BCUT2D eigenvalue weighted by molar-refractivity contribution is 0.101. The van der Waals surface area contributed by atoms with Gasteiger partial charge in [0, 0.05) is 0 Å². The van der Waals surface area contributed by atoms with Gasteiger partial charge in [0.15, 0.2) is 5.78 Å². The minimum atomic E-state index is -0.311. The highest BCUT2D eigenvalue weighted by atomic mass is 32.1. The number of aromatic amines is 1. The van der Waals surface area contributed by atoms with Gasteiger partial charge in [0.1, 0.15) is 6.33 Å². The highest BCUT2D eigenvalue weighted by molar-refractivity contribution is 7.16. The van der Waals surface area contributed by atoms with Crippen LogP contribution in [0.4, 0.5) is 5.95 Å². The summed E-state index contributed by atoms with van der Waals surface area (Å²) in [6, 6.07) is 3.23. The summed E-state index contributed by atoms with van der Waals surface area (Å²) in [5.74, 6) is -0.0826. The molecule has 2 aromatic heterocycles. The first-order valence-corrected chi connectivity index (χ1v) is 5.26. The van der Waals surface area contributed by atoms with Crippen LogP contribution in [0.1, 0.15) is 26.3 Å². The number of hydrogen-bond donors (Lipinski definition) is 2. The fourth-order valence-electron chi connectivity index (χ4n) is 1.08. The second-order valence-corrected chi connectivity index (χ2v) is 4.09. The maximum absolute atomic E-state index is 11.6. The normalized spacial score (nSPS) is 10.1. The molecule has 2 rings (SSSR count). The van der Waals surface area contributed by atoms with Gasteiger partial charge < -0.3 is 0 Å². The molecule has 0 aromatic carbocycles. The van der Waals surface area contributed by atoms with Crippen LogP contribution in [0.3, 0.4) is 0 Å². The fraction of sp³-hybridized carbons (Fsp3) is 0.111. The molecule has 16 heavy (non-hydrogen) atoms. The summed E-state index contributed by atoms with van der Waals surface area (Å²) in [5, 5.41) is 8.63. The minimum Gasteiger partial charge on any atom is -0.294 e. The number of rotatable bonds is 3. The number of hydrogen-bond acceptors (Lipinski definition) is 5. The van der Waals surface area contributed by atoms with Gasteiger partial charge in [-0.2, -0.15) is 10.1 Å². The zero-order chi connectivity index (χ0) is 11.5. The van der Waals surface area contributed by atoms with Crippen molar-refractivity contribution in [1.82, 2.24) is 15.2 Å². The topological polar surface area (TPSA) is 87.7 Å². The van der Waals surface area contributed by atoms with Gasteiger partial charge >= 0.3 is 0 Å². The Kier molecular flexibility index (Phi) is 2.78. The molecular weight excluding hydrogens is 228 g/mol. The zero-order valence-corrected chi connectivity index (χ0v) is 9.17. The number of carbonyl (C=O) groups excluding carboxylic acids is 2. The van der Waals surface area contributed by atoms with E-state index in [4.69, 9.17) is 0 Å². The first-order chi connectivity index (χ1) is 7.66. The minimum absolute atomic E-state index is 0.0521. The Balaban J connectivity index is 2.12. The maximum atomic E-state index is 11.6. The summed E-state index contributed by atoms with van der Waals surface area (Å²) in [4.78, 5) is 27.5. The number of carbonyl (C=O) groups is 2. The molecule has 0 saturated heterocycles. The molecule has 0 spiro atoms. The fourth-order valence-corrected chi connectivity index (χ4v) is 1.88. The van der Waals surface area contributed by atoms with E-state index in [-0.39, 0.29) is 17.6 Å². The van der Waals surface area contributed by atoms with Gasteiger partial charge in [-0.05, 0) is 19.1 Å². The third kappa shape index (κ3) is 2.14. The van der Waals surface area contributed by atoms with Crippen LogP contribution in [0.2, 0.25) is 0 Å². The first kappa shape index (κ1) is 10.5. The zero-order valence-electron chi connectivity index (χ0n) is 8.35. The summed E-state index contributed by atoms with van der Waals surface area (Å²) in [6.07, 6.45) is 1.30. The van der Waals surface area contributed by atoms with E-state index in [1.165, 1.54) is 13.3 Å². The Bertz CT molecular complexity index is 517. The van der Waals surface area contributed by atoms with Crippen LogP contribution in [0.15, 0.2) is 18.5 Å². The van der Waals surface area contributed by atoms with Crippen LogP contribution in [0.25, 0.3) is 0 Å². The second-order valence-electron chi connectivity index (χ2n) is 3.01. The second kappa shape index (κ2) is 4.23. The lowest BCUT2D eigenvalue weighted by Gasteiger charge is -1.96. The molecule has 7 heteroatoms. The smallest absolute Gasteiger partial charge is 0.268 e. The lowest BCUT2D eigenvalue weighted by Crippen LogP contribution is -2.11. The van der Waals surface area contributed by atoms with Gasteiger partial charge in [-0.1, -0.05) is 0 Å². The Morgan fingerprint density at radius 3 is 2.69 bits per heavy atom. The predicted molar refractivity (Wildman–Crippen MR) is 58.7 cm³/mol. The van der Waals surface area contributed by atoms with Gasteiger partial charge in [-0.3, -0.25) is 14.9 Å². The molecule has 0 atom stereocenters. The van der Waals surface area contributed by atoms with Crippen molar-refractivity contribution in [2.75, 3.05) is 5.32 Å². The summed E-state index contributed by atoms with van der Waals surface area (Å²) in [7, 11) is 0. The quantitative estimate of drug-likeness (QED) is 0.787. The van der Waals surface area contributed by atoms with Crippen molar-refractivity contribution >= 4 is 29.0 Å². The standard InChI is InChI=1S/C9H8N4O2S/c1-5(14)6-2-3-7(16-6)8(15)12-9-10-4-11-13-9/h2-4H,1H3,(H2,10,11,12,13,15). The summed E-state index contributed by atoms with van der Waals surface area (Å²) in [5.41, 5.74) is 0. The lowest BCUT2D eigenvalue weighted by atomic mass is 10.3. The number of nitrogens with zero attached hydrogens (tertiary/aromatic N) is 2. The highest BCUT2D eigenvalue weighted by Gasteiger charge is 2.12. The van der Waals surface area contributed by atoms with E-state index in [1.54, 1.807) is 12.1 Å². The van der Waals surface area contributed by atoms with Crippen molar-refractivity contribution in [2.45, 2.75) is 6.92 Å². The van der Waals surface area contributed by atoms with Crippen molar-refractivity contribution in [2.24, 2.45) is 0 Å². The molecule has 1 amide bonds. The van der Waals surface area contributed by atoms with Crippen LogP contribution in [0, 0.1) is 0 Å². The summed E-state index contributed by atoms with van der Waals surface area (Å²) < 4.78 is 0. The van der Waals surface area contributed by atoms with E-state index in [1.807, 2.05) is 0 Å². The molecule has 0 bridgehead atoms. The Labute approximate surface area is 94.7 Å². The first-order valence-electron chi connectivity index (χ1n) is 4.44. The monoisotopic (exact) mass is 236 g/mol. The van der Waals surface area contributed by atoms with Crippen molar-refractivity contribution in [3.8, 4) is 0 Å². The van der Waals surface area contributed by atoms with Gasteiger partial charge in [0.25, 0.3) is 5.91 Å². The molecule has 0 unspecified atom stereocenters. The van der Waals surface area contributed by atoms with Crippen molar-refractivity contribution in [3.63, 3.8) is 0 Å². The summed E-state index contributed by atoms with van der Waals surface area (Å²) in [6.45, 7) is 1.46. The number of nitrogens with one attached hydrogen (secondary N) is 2. The SMILES string of the molecule is CC(=O)c1ccc(C(=O)Nc2ncn[nH]2)s1. The number of anilines is 1. The average Bonchev–Trinajstić information content (AvgIpc) is 2.86. The van der Waals surface area contributed by atoms with Crippen LogP contribution in [-0.4, -0.2) is 26.9 Å². The molecule has 0 aliphatic rings. The Hall–Kier alpha value is -2.02. The van der Waals surface area contributed by atoms with Crippen LogP contribution in [0.5, 0.6) is 0 Å². The van der Waals surface area contributed by atoms with Crippen molar-refractivity contribution in [3.05, 3.63) is 28.2 Å². The average molecular weight is 236 g/mol.